The predicted octanol–water partition coefficient (Wildman–Crippen LogP) is 3.95. The van der Waals surface area contributed by atoms with Crippen LogP contribution in [-0.4, -0.2) is 20.7 Å². The third-order valence-electron chi connectivity index (χ3n) is 3.29. The third kappa shape index (κ3) is 4.02. The Bertz CT molecular complexity index is 981. The normalized spacial score (nSPS) is 11.2. The van der Waals surface area contributed by atoms with Crippen LogP contribution < -0.4 is 5.32 Å². The summed E-state index contributed by atoms with van der Waals surface area (Å²) in [5.41, 5.74) is 1.64. The van der Waals surface area contributed by atoms with Crippen molar-refractivity contribution >= 4 is 44.4 Å². The van der Waals surface area contributed by atoms with E-state index in [-0.39, 0.29) is 5.57 Å². The number of aromatic nitrogens is 3. The Hall–Kier alpha value is -2.76. The van der Waals surface area contributed by atoms with E-state index in [1.807, 2.05) is 53.2 Å². The molecule has 3 aromatic rings. The standard InChI is InChI=1S/C17H12BrN5OS/c1-11-21-22-17(25-11)20-16(24)12(10-19)9-15-3-2-8-23(15)14-6-4-13(18)5-7-14/h2-9H,1H3,(H,20,22,24)/b12-9-. The average molecular weight is 414 g/mol. The molecule has 0 bridgehead atoms. The van der Waals surface area contributed by atoms with Crippen LogP contribution in [0.5, 0.6) is 0 Å². The third-order valence-corrected chi connectivity index (χ3v) is 4.57. The second-order valence-corrected chi connectivity index (χ2v) is 7.13. The van der Waals surface area contributed by atoms with Crippen molar-refractivity contribution in [3.63, 3.8) is 0 Å². The Kier molecular flexibility index (Phi) is 5.07. The molecule has 0 saturated carbocycles. The molecule has 6 nitrogen and oxygen atoms in total. The van der Waals surface area contributed by atoms with Crippen molar-refractivity contribution in [1.82, 2.24) is 14.8 Å². The summed E-state index contributed by atoms with van der Waals surface area (Å²) in [7, 11) is 0. The number of hydrogen-bond donors (Lipinski definition) is 1. The van der Waals surface area contributed by atoms with Crippen LogP contribution in [0.15, 0.2) is 52.6 Å². The van der Waals surface area contributed by atoms with Crippen LogP contribution in [0.2, 0.25) is 0 Å². The van der Waals surface area contributed by atoms with Gasteiger partial charge in [0.2, 0.25) is 5.13 Å². The molecule has 1 aromatic carbocycles. The molecule has 0 atom stereocenters. The van der Waals surface area contributed by atoms with Crippen LogP contribution in [0.25, 0.3) is 11.8 Å². The SMILES string of the molecule is Cc1nnc(NC(=O)/C(C#N)=C\c2cccn2-c2ccc(Br)cc2)s1. The minimum Gasteiger partial charge on any atom is -0.317 e. The van der Waals surface area contributed by atoms with Crippen molar-refractivity contribution in [1.29, 1.82) is 5.26 Å². The summed E-state index contributed by atoms with van der Waals surface area (Å²) in [6.07, 6.45) is 3.42. The monoisotopic (exact) mass is 413 g/mol. The summed E-state index contributed by atoms with van der Waals surface area (Å²) in [6.45, 7) is 1.79. The molecule has 3 rings (SSSR count). The number of halogens is 1. The van der Waals surface area contributed by atoms with E-state index in [1.54, 1.807) is 13.0 Å². The quantitative estimate of drug-likeness (QED) is 0.518. The molecular weight excluding hydrogens is 402 g/mol. The lowest BCUT2D eigenvalue weighted by Crippen LogP contribution is -2.13. The van der Waals surface area contributed by atoms with Gasteiger partial charge in [-0.25, -0.2) is 0 Å². The van der Waals surface area contributed by atoms with Crippen LogP contribution in [0, 0.1) is 18.3 Å². The van der Waals surface area contributed by atoms with E-state index in [4.69, 9.17) is 0 Å². The number of amides is 1. The molecule has 124 valence electrons. The summed E-state index contributed by atoms with van der Waals surface area (Å²) >= 11 is 4.66. The molecule has 1 amide bonds. The van der Waals surface area contributed by atoms with Crippen molar-refractivity contribution in [3.8, 4) is 11.8 Å². The zero-order valence-electron chi connectivity index (χ0n) is 13.1. The van der Waals surface area contributed by atoms with Gasteiger partial charge in [0.05, 0.1) is 0 Å². The Labute approximate surface area is 156 Å². The van der Waals surface area contributed by atoms with E-state index in [2.05, 4.69) is 31.4 Å². The van der Waals surface area contributed by atoms with E-state index >= 15 is 0 Å². The number of hydrogen-bond acceptors (Lipinski definition) is 5. The predicted molar refractivity (Wildman–Crippen MR) is 100 cm³/mol. The van der Waals surface area contributed by atoms with Crippen molar-refractivity contribution in [3.05, 3.63) is 63.3 Å². The van der Waals surface area contributed by atoms with E-state index < -0.39 is 5.91 Å². The average Bonchev–Trinajstić information content (AvgIpc) is 3.22. The summed E-state index contributed by atoms with van der Waals surface area (Å²) in [6, 6.07) is 13.4. The molecule has 0 fully saturated rings. The van der Waals surface area contributed by atoms with Gasteiger partial charge in [-0.15, -0.1) is 10.2 Å². The molecular formula is C17H12BrN5OS. The van der Waals surface area contributed by atoms with Crippen LogP contribution in [0.1, 0.15) is 10.7 Å². The fraction of sp³-hybridized carbons (Fsp3) is 0.0588. The minimum atomic E-state index is -0.512. The van der Waals surface area contributed by atoms with Crippen molar-refractivity contribution in [2.75, 3.05) is 5.32 Å². The van der Waals surface area contributed by atoms with Gasteiger partial charge in [0.1, 0.15) is 16.6 Å². The first-order valence-corrected chi connectivity index (χ1v) is 8.84. The summed E-state index contributed by atoms with van der Waals surface area (Å²) in [5, 5.41) is 20.7. The van der Waals surface area contributed by atoms with Crippen molar-refractivity contribution < 1.29 is 4.79 Å². The lowest BCUT2D eigenvalue weighted by atomic mass is 10.2. The first-order valence-electron chi connectivity index (χ1n) is 7.23. The fourth-order valence-corrected chi connectivity index (χ4v) is 3.01. The lowest BCUT2D eigenvalue weighted by Gasteiger charge is -2.07. The Balaban J connectivity index is 1.88. The molecule has 0 unspecified atom stereocenters. The highest BCUT2D eigenvalue weighted by atomic mass is 79.9. The molecule has 0 aliphatic carbocycles. The minimum absolute atomic E-state index is 0.00934. The molecule has 0 saturated heterocycles. The second-order valence-electron chi connectivity index (χ2n) is 5.03. The van der Waals surface area contributed by atoms with Crippen LogP contribution in [0.3, 0.4) is 0 Å². The number of nitrogens with one attached hydrogen (secondary N) is 1. The number of aryl methyl sites for hydroxylation is 1. The second kappa shape index (κ2) is 7.42. The summed E-state index contributed by atoms with van der Waals surface area (Å²) in [5.74, 6) is -0.512. The molecule has 0 aliphatic heterocycles. The van der Waals surface area contributed by atoms with E-state index in [0.717, 1.165) is 20.9 Å². The number of nitrogens with zero attached hydrogens (tertiary/aromatic N) is 4. The fourth-order valence-electron chi connectivity index (χ4n) is 2.16. The summed E-state index contributed by atoms with van der Waals surface area (Å²) < 4.78 is 2.87. The zero-order chi connectivity index (χ0) is 17.8. The van der Waals surface area contributed by atoms with Gasteiger partial charge >= 0.3 is 0 Å². The maximum atomic E-state index is 12.3. The zero-order valence-corrected chi connectivity index (χ0v) is 15.5. The number of anilines is 1. The molecule has 2 heterocycles. The lowest BCUT2D eigenvalue weighted by molar-refractivity contribution is -0.112. The first-order chi connectivity index (χ1) is 12.1. The summed E-state index contributed by atoms with van der Waals surface area (Å²) in [4.78, 5) is 12.3. The molecule has 8 heteroatoms. The van der Waals surface area contributed by atoms with Gasteiger partial charge in [0.25, 0.3) is 5.91 Å². The topological polar surface area (TPSA) is 83.6 Å². The largest absolute Gasteiger partial charge is 0.317 e. The van der Waals surface area contributed by atoms with Crippen LogP contribution >= 0.6 is 27.3 Å². The Morgan fingerprint density at radius 2 is 2.08 bits per heavy atom. The van der Waals surface area contributed by atoms with Crippen LogP contribution in [-0.2, 0) is 4.79 Å². The van der Waals surface area contributed by atoms with Crippen molar-refractivity contribution in [2.24, 2.45) is 0 Å². The highest BCUT2D eigenvalue weighted by Gasteiger charge is 2.13. The van der Waals surface area contributed by atoms with Gasteiger partial charge in [0.15, 0.2) is 0 Å². The maximum Gasteiger partial charge on any atom is 0.268 e. The van der Waals surface area contributed by atoms with Gasteiger partial charge in [-0.05, 0) is 49.4 Å². The van der Waals surface area contributed by atoms with E-state index in [0.29, 0.717) is 5.13 Å². The highest BCUT2D eigenvalue weighted by Crippen LogP contribution is 2.19. The van der Waals surface area contributed by atoms with Gasteiger partial charge in [0, 0.05) is 22.1 Å². The van der Waals surface area contributed by atoms with E-state index in [1.165, 1.54) is 11.3 Å². The number of benzene rings is 1. The molecule has 0 spiro atoms. The molecule has 1 N–H and O–H groups in total. The number of carbonyl (C=O) groups is 1. The molecule has 2 aromatic heterocycles. The molecule has 25 heavy (non-hydrogen) atoms. The van der Waals surface area contributed by atoms with Gasteiger partial charge in [-0.1, -0.05) is 27.3 Å². The highest BCUT2D eigenvalue weighted by molar-refractivity contribution is 9.10. The van der Waals surface area contributed by atoms with Gasteiger partial charge < -0.3 is 4.57 Å². The molecule has 0 aliphatic rings. The van der Waals surface area contributed by atoms with E-state index in [9.17, 15) is 10.1 Å². The number of carbonyl (C=O) groups excluding carboxylic acids is 1. The molecule has 0 radical (unpaired) electrons. The number of nitriles is 1. The first kappa shape index (κ1) is 17.1. The Morgan fingerprint density at radius 3 is 2.72 bits per heavy atom. The number of rotatable bonds is 4. The van der Waals surface area contributed by atoms with Gasteiger partial charge in [-0.2, -0.15) is 5.26 Å². The Morgan fingerprint density at radius 1 is 1.32 bits per heavy atom. The van der Waals surface area contributed by atoms with Crippen molar-refractivity contribution in [2.45, 2.75) is 6.92 Å². The maximum absolute atomic E-state index is 12.3. The smallest absolute Gasteiger partial charge is 0.268 e. The van der Waals surface area contributed by atoms with Crippen LogP contribution in [0.4, 0.5) is 5.13 Å². The van der Waals surface area contributed by atoms with Gasteiger partial charge in [-0.3, -0.25) is 10.1 Å².